The van der Waals surface area contributed by atoms with E-state index in [4.69, 9.17) is 0 Å². The number of hydrogen-bond acceptors (Lipinski definition) is 0. The van der Waals surface area contributed by atoms with Crippen LogP contribution in [-0.4, -0.2) is 0 Å². The normalized spacial score (nSPS) is 15.5. The zero-order chi connectivity index (χ0) is 9.10. The lowest BCUT2D eigenvalue weighted by molar-refractivity contribution is 1.13. The van der Waals surface area contributed by atoms with E-state index in [-0.39, 0.29) is 0 Å². The molecule has 0 aliphatic heterocycles. The van der Waals surface area contributed by atoms with E-state index in [1.807, 2.05) is 0 Å². The zero-order valence-corrected chi connectivity index (χ0v) is 7.96. The maximum atomic E-state index is 2.25. The summed E-state index contributed by atoms with van der Waals surface area (Å²) in [6.45, 7) is 2.22. The third-order valence-electron chi connectivity index (χ3n) is 2.53. The van der Waals surface area contributed by atoms with Crippen molar-refractivity contribution in [2.24, 2.45) is 0 Å². The molecule has 1 aliphatic carbocycles. The summed E-state index contributed by atoms with van der Waals surface area (Å²) in [5.41, 5.74) is 4.42. The highest BCUT2D eigenvalue weighted by molar-refractivity contribution is 5.36. The molecular formula is C13H14. The van der Waals surface area contributed by atoms with Gasteiger partial charge in [0.2, 0.25) is 0 Å². The van der Waals surface area contributed by atoms with E-state index in [2.05, 4.69) is 49.4 Å². The minimum atomic E-state index is 1.09. The van der Waals surface area contributed by atoms with Crippen molar-refractivity contribution in [2.75, 3.05) is 0 Å². The van der Waals surface area contributed by atoms with Gasteiger partial charge in [-0.05, 0) is 30.9 Å². The molecule has 0 nitrogen and oxygen atoms in total. The first-order valence-electron chi connectivity index (χ1n) is 4.75. The Morgan fingerprint density at radius 1 is 1.15 bits per heavy atom. The second-order valence-corrected chi connectivity index (χ2v) is 3.57. The smallest absolute Gasteiger partial charge is 0.00263 e. The lowest BCUT2D eigenvalue weighted by Gasteiger charge is -2.02. The molecule has 0 aromatic heterocycles. The first kappa shape index (κ1) is 8.31. The molecule has 0 radical (unpaired) electrons. The molecule has 66 valence electrons. The van der Waals surface area contributed by atoms with Gasteiger partial charge in [-0.15, -0.1) is 0 Å². The van der Waals surface area contributed by atoms with Crippen LogP contribution >= 0.6 is 0 Å². The molecule has 0 amide bonds. The Labute approximate surface area is 79.6 Å². The van der Waals surface area contributed by atoms with E-state index in [1.165, 1.54) is 16.7 Å². The van der Waals surface area contributed by atoms with Crippen molar-refractivity contribution in [3.8, 4) is 0 Å². The van der Waals surface area contributed by atoms with Crippen molar-refractivity contribution in [3.63, 3.8) is 0 Å². The number of rotatable bonds is 2. The summed E-state index contributed by atoms with van der Waals surface area (Å²) < 4.78 is 0. The summed E-state index contributed by atoms with van der Waals surface area (Å²) in [7, 11) is 0. The van der Waals surface area contributed by atoms with Crippen LogP contribution in [0.4, 0.5) is 0 Å². The molecule has 0 N–H and O–H groups in total. The first-order valence-corrected chi connectivity index (χ1v) is 4.75. The number of benzene rings is 1. The number of hydrogen-bond donors (Lipinski definition) is 0. The van der Waals surface area contributed by atoms with Gasteiger partial charge in [-0.3, -0.25) is 0 Å². The van der Waals surface area contributed by atoms with Gasteiger partial charge < -0.3 is 0 Å². The van der Waals surface area contributed by atoms with Gasteiger partial charge in [0.1, 0.15) is 0 Å². The second-order valence-electron chi connectivity index (χ2n) is 3.57. The molecule has 1 aliphatic rings. The average molecular weight is 170 g/mol. The third-order valence-corrected chi connectivity index (χ3v) is 2.53. The van der Waals surface area contributed by atoms with Crippen molar-refractivity contribution in [2.45, 2.75) is 19.8 Å². The maximum Gasteiger partial charge on any atom is -0.00263 e. The summed E-state index contributed by atoms with van der Waals surface area (Å²) in [4.78, 5) is 0. The van der Waals surface area contributed by atoms with Gasteiger partial charge in [0, 0.05) is 0 Å². The van der Waals surface area contributed by atoms with Crippen LogP contribution in [0.1, 0.15) is 18.9 Å². The van der Waals surface area contributed by atoms with E-state index in [0.717, 1.165) is 12.8 Å². The van der Waals surface area contributed by atoms with Gasteiger partial charge in [0.15, 0.2) is 0 Å². The van der Waals surface area contributed by atoms with E-state index >= 15 is 0 Å². The van der Waals surface area contributed by atoms with Crippen molar-refractivity contribution in [1.82, 2.24) is 0 Å². The van der Waals surface area contributed by atoms with Crippen LogP contribution in [0.2, 0.25) is 0 Å². The van der Waals surface area contributed by atoms with E-state index in [1.54, 1.807) is 0 Å². The fraction of sp³-hybridized carbons (Fsp3) is 0.231. The van der Waals surface area contributed by atoms with E-state index in [0.29, 0.717) is 0 Å². The fourth-order valence-electron chi connectivity index (χ4n) is 1.68. The Balaban J connectivity index is 2.15. The molecule has 13 heavy (non-hydrogen) atoms. The molecule has 1 aromatic carbocycles. The highest BCUT2D eigenvalue weighted by atomic mass is 14.1. The van der Waals surface area contributed by atoms with Gasteiger partial charge in [-0.25, -0.2) is 0 Å². The summed E-state index contributed by atoms with van der Waals surface area (Å²) in [6.07, 6.45) is 6.72. The molecule has 0 atom stereocenters. The van der Waals surface area contributed by atoms with Gasteiger partial charge >= 0.3 is 0 Å². The predicted octanol–water partition coefficient (Wildman–Crippen LogP) is 3.51. The molecule has 0 heteroatoms. The van der Waals surface area contributed by atoms with Crippen LogP contribution in [0.3, 0.4) is 0 Å². The lowest BCUT2D eigenvalue weighted by Crippen LogP contribution is -1.87. The lowest BCUT2D eigenvalue weighted by atomic mass is 10.0. The maximum absolute atomic E-state index is 2.25. The monoisotopic (exact) mass is 170 g/mol. The highest BCUT2D eigenvalue weighted by Crippen LogP contribution is 2.21. The molecule has 0 spiro atoms. The Kier molecular flexibility index (Phi) is 2.31. The highest BCUT2D eigenvalue weighted by Gasteiger charge is 2.04. The molecular weight excluding hydrogens is 156 g/mol. The average Bonchev–Trinajstić information content (AvgIpc) is 2.54. The van der Waals surface area contributed by atoms with E-state index in [9.17, 15) is 0 Å². The van der Waals surface area contributed by atoms with Gasteiger partial charge in [-0.2, -0.15) is 0 Å². The Bertz CT molecular complexity index is 342. The fourth-order valence-corrected chi connectivity index (χ4v) is 1.68. The molecule has 0 saturated carbocycles. The molecule has 0 bridgehead atoms. The van der Waals surface area contributed by atoms with Crippen LogP contribution < -0.4 is 0 Å². The van der Waals surface area contributed by atoms with Crippen molar-refractivity contribution < 1.29 is 0 Å². The molecule has 2 rings (SSSR count). The van der Waals surface area contributed by atoms with Crippen LogP contribution in [-0.2, 0) is 6.42 Å². The van der Waals surface area contributed by atoms with E-state index < -0.39 is 0 Å². The minimum absolute atomic E-state index is 1.09. The van der Waals surface area contributed by atoms with Gasteiger partial charge in [-0.1, -0.05) is 48.1 Å². The quantitative estimate of drug-likeness (QED) is 0.637. The Hall–Kier alpha value is -1.30. The van der Waals surface area contributed by atoms with Gasteiger partial charge in [0.05, 0.1) is 0 Å². The SMILES string of the molecule is CC1=C(Cc2ccccc2)C=CC1. The summed E-state index contributed by atoms with van der Waals surface area (Å²) in [5.74, 6) is 0. The molecule has 0 saturated heterocycles. The molecule has 0 heterocycles. The summed E-state index contributed by atoms with van der Waals surface area (Å²) in [6, 6.07) is 10.6. The minimum Gasteiger partial charge on any atom is -0.0802 e. The van der Waals surface area contributed by atoms with Crippen molar-refractivity contribution in [3.05, 3.63) is 59.2 Å². The largest absolute Gasteiger partial charge is 0.0802 e. The predicted molar refractivity (Wildman–Crippen MR) is 56.6 cm³/mol. The third kappa shape index (κ3) is 1.89. The molecule has 0 unspecified atom stereocenters. The standard InChI is InChI=1S/C13H14/c1-11-6-5-9-13(11)10-12-7-3-2-4-8-12/h2-5,7-9H,6,10H2,1H3. The Morgan fingerprint density at radius 3 is 2.54 bits per heavy atom. The van der Waals surface area contributed by atoms with Crippen LogP contribution in [0, 0.1) is 0 Å². The van der Waals surface area contributed by atoms with Crippen LogP contribution in [0.15, 0.2) is 53.6 Å². The van der Waals surface area contributed by atoms with Crippen molar-refractivity contribution >= 4 is 0 Å². The van der Waals surface area contributed by atoms with Crippen LogP contribution in [0.25, 0.3) is 0 Å². The van der Waals surface area contributed by atoms with Gasteiger partial charge in [0.25, 0.3) is 0 Å². The first-order chi connectivity index (χ1) is 6.36. The molecule has 0 fully saturated rings. The number of allylic oxidation sites excluding steroid dienone is 4. The van der Waals surface area contributed by atoms with Crippen molar-refractivity contribution in [1.29, 1.82) is 0 Å². The second kappa shape index (κ2) is 3.61. The Morgan fingerprint density at radius 2 is 1.92 bits per heavy atom. The topological polar surface area (TPSA) is 0 Å². The van der Waals surface area contributed by atoms with Crippen LogP contribution in [0.5, 0.6) is 0 Å². The zero-order valence-electron chi connectivity index (χ0n) is 7.96. The molecule has 1 aromatic rings. The summed E-state index contributed by atoms with van der Waals surface area (Å²) >= 11 is 0. The summed E-state index contributed by atoms with van der Waals surface area (Å²) in [5, 5.41) is 0.